The molecule has 0 fully saturated rings. The number of nitrogens with one attached hydrogen (secondary N) is 2. The second-order valence-electron chi connectivity index (χ2n) is 6.76. The molecule has 0 spiro atoms. The van der Waals surface area contributed by atoms with Crippen molar-refractivity contribution in [2.75, 3.05) is 21.3 Å². The first-order chi connectivity index (χ1) is 14.5. The number of benzene rings is 2. The number of aromatic hydroxyl groups is 1. The molecular weight excluding hydrogens is 388 g/mol. The minimum absolute atomic E-state index is 0.0282. The van der Waals surface area contributed by atoms with Crippen molar-refractivity contribution >= 4 is 5.97 Å². The van der Waals surface area contributed by atoms with Gasteiger partial charge < -0.3 is 24.4 Å². The number of aromatic amines is 2. The molecular formula is C22H24N2O6. The minimum atomic E-state index is -0.588. The van der Waals surface area contributed by atoms with E-state index in [4.69, 9.17) is 14.2 Å². The van der Waals surface area contributed by atoms with Crippen LogP contribution in [0.3, 0.4) is 0 Å². The Balaban J connectivity index is 2.04. The lowest BCUT2D eigenvalue weighted by molar-refractivity contribution is -0.140. The molecule has 30 heavy (non-hydrogen) atoms. The highest BCUT2D eigenvalue weighted by Crippen LogP contribution is 2.35. The molecule has 3 aromatic rings. The second-order valence-corrected chi connectivity index (χ2v) is 6.76. The Kier molecular flexibility index (Phi) is 6.46. The van der Waals surface area contributed by atoms with Crippen molar-refractivity contribution < 1.29 is 24.1 Å². The number of carbonyl (C=O) groups is 1. The molecule has 0 amide bonds. The Labute approximate surface area is 173 Å². The van der Waals surface area contributed by atoms with Crippen molar-refractivity contribution in [3.8, 4) is 17.2 Å². The molecule has 8 nitrogen and oxygen atoms in total. The number of carbonyl (C=O) groups excluding carboxylic acids is 1. The number of rotatable bonds is 8. The topological polar surface area (TPSA) is 114 Å². The van der Waals surface area contributed by atoms with Crippen LogP contribution < -0.4 is 15.0 Å². The van der Waals surface area contributed by atoms with Crippen LogP contribution in [-0.2, 0) is 16.0 Å². The molecule has 0 aliphatic rings. The molecule has 1 atom stereocenters. The number of esters is 1. The third-order valence-electron chi connectivity index (χ3n) is 4.99. The van der Waals surface area contributed by atoms with E-state index >= 15 is 0 Å². The van der Waals surface area contributed by atoms with Crippen LogP contribution in [0.25, 0.3) is 0 Å². The van der Waals surface area contributed by atoms with Gasteiger partial charge in [0, 0.05) is 23.6 Å². The van der Waals surface area contributed by atoms with Gasteiger partial charge >= 0.3 is 5.97 Å². The van der Waals surface area contributed by atoms with Gasteiger partial charge in [-0.15, -0.1) is 0 Å². The van der Waals surface area contributed by atoms with Gasteiger partial charge in [-0.05, 0) is 35.4 Å². The summed E-state index contributed by atoms with van der Waals surface area (Å²) in [5.41, 5.74) is 2.39. The molecule has 1 heterocycles. The number of aromatic nitrogens is 2. The standard InChI is InChI=1S/C22H24N2O6/c1-28-15-7-4-13(5-8-15)10-17-21(22(27)24-23-17)16(12-20(26)30-3)14-6-9-18(25)19(11-14)29-2/h4-9,11,16,25H,10,12H2,1-3H3,(H2,23,24,27)/t16-/m1/s1. The molecule has 158 valence electrons. The normalized spacial score (nSPS) is 11.7. The summed E-state index contributed by atoms with van der Waals surface area (Å²) >= 11 is 0. The highest BCUT2D eigenvalue weighted by Gasteiger charge is 2.26. The van der Waals surface area contributed by atoms with Gasteiger partial charge in [0.2, 0.25) is 0 Å². The first-order valence-corrected chi connectivity index (χ1v) is 9.32. The van der Waals surface area contributed by atoms with Crippen LogP contribution in [0.15, 0.2) is 47.3 Å². The minimum Gasteiger partial charge on any atom is -0.504 e. The summed E-state index contributed by atoms with van der Waals surface area (Å²) < 4.78 is 15.2. The van der Waals surface area contributed by atoms with E-state index in [1.807, 2.05) is 24.3 Å². The first kappa shape index (κ1) is 21.0. The van der Waals surface area contributed by atoms with Crippen molar-refractivity contribution in [2.45, 2.75) is 18.8 Å². The van der Waals surface area contributed by atoms with Gasteiger partial charge in [0.25, 0.3) is 5.56 Å². The smallest absolute Gasteiger partial charge is 0.306 e. The zero-order chi connectivity index (χ0) is 21.7. The number of H-pyrrole nitrogens is 2. The lowest BCUT2D eigenvalue weighted by Crippen LogP contribution is -2.18. The van der Waals surface area contributed by atoms with Crippen LogP contribution in [0.2, 0.25) is 0 Å². The average Bonchev–Trinajstić information content (AvgIpc) is 3.12. The summed E-state index contributed by atoms with van der Waals surface area (Å²) in [7, 11) is 4.34. The van der Waals surface area contributed by atoms with Crippen LogP contribution >= 0.6 is 0 Å². The van der Waals surface area contributed by atoms with E-state index in [9.17, 15) is 14.7 Å². The van der Waals surface area contributed by atoms with Gasteiger partial charge in [-0.1, -0.05) is 18.2 Å². The first-order valence-electron chi connectivity index (χ1n) is 9.32. The molecule has 1 aromatic heterocycles. The molecule has 0 unspecified atom stereocenters. The van der Waals surface area contributed by atoms with Crippen molar-refractivity contribution in [3.05, 3.63) is 75.2 Å². The second kappa shape index (κ2) is 9.21. The van der Waals surface area contributed by atoms with Crippen molar-refractivity contribution in [3.63, 3.8) is 0 Å². The van der Waals surface area contributed by atoms with E-state index < -0.39 is 11.9 Å². The SMILES string of the molecule is COC(=O)C[C@H](c1ccc(O)c(OC)c1)c1c(Cc2ccc(OC)cc2)[nH][nH]c1=O. The monoisotopic (exact) mass is 412 g/mol. The molecule has 3 N–H and O–H groups in total. The van der Waals surface area contributed by atoms with Gasteiger partial charge in [-0.25, -0.2) is 0 Å². The molecule has 0 saturated carbocycles. The van der Waals surface area contributed by atoms with Crippen LogP contribution in [0.5, 0.6) is 17.2 Å². The highest BCUT2D eigenvalue weighted by atomic mass is 16.5. The van der Waals surface area contributed by atoms with E-state index in [1.54, 1.807) is 19.2 Å². The van der Waals surface area contributed by atoms with Crippen LogP contribution in [-0.4, -0.2) is 42.6 Å². The number of hydrogen-bond donors (Lipinski definition) is 3. The molecule has 8 heteroatoms. The predicted octanol–water partition coefficient (Wildman–Crippen LogP) is 2.71. The fourth-order valence-corrected chi connectivity index (χ4v) is 3.41. The van der Waals surface area contributed by atoms with Crippen molar-refractivity contribution in [1.29, 1.82) is 0 Å². The van der Waals surface area contributed by atoms with Crippen LogP contribution in [0.1, 0.15) is 34.7 Å². The number of ether oxygens (including phenoxy) is 3. The number of methoxy groups -OCH3 is 3. The summed E-state index contributed by atoms with van der Waals surface area (Å²) in [6.07, 6.45) is 0.409. The van der Waals surface area contributed by atoms with E-state index in [0.29, 0.717) is 23.2 Å². The lowest BCUT2D eigenvalue weighted by atomic mass is 9.87. The maximum absolute atomic E-state index is 12.7. The van der Waals surface area contributed by atoms with Crippen molar-refractivity contribution in [2.24, 2.45) is 0 Å². The molecule has 0 aliphatic carbocycles. The van der Waals surface area contributed by atoms with E-state index in [0.717, 1.165) is 11.3 Å². The fourth-order valence-electron chi connectivity index (χ4n) is 3.41. The predicted molar refractivity (Wildman–Crippen MR) is 110 cm³/mol. The lowest BCUT2D eigenvalue weighted by Gasteiger charge is -2.17. The van der Waals surface area contributed by atoms with Gasteiger partial charge in [0.15, 0.2) is 11.5 Å². The fraction of sp³-hybridized carbons (Fsp3) is 0.273. The van der Waals surface area contributed by atoms with Gasteiger partial charge in [0.05, 0.1) is 27.8 Å². The quantitative estimate of drug-likeness (QED) is 0.490. The van der Waals surface area contributed by atoms with Crippen molar-refractivity contribution in [1.82, 2.24) is 10.2 Å². The zero-order valence-electron chi connectivity index (χ0n) is 17.0. The van der Waals surface area contributed by atoms with E-state index in [2.05, 4.69) is 10.2 Å². The maximum atomic E-state index is 12.7. The molecule has 3 rings (SSSR count). The average molecular weight is 412 g/mol. The summed E-state index contributed by atoms with van der Waals surface area (Å²) in [5, 5.41) is 15.5. The van der Waals surface area contributed by atoms with Gasteiger partial charge in [-0.2, -0.15) is 0 Å². The zero-order valence-corrected chi connectivity index (χ0v) is 17.0. The molecule has 0 radical (unpaired) electrons. The van der Waals surface area contributed by atoms with E-state index in [-0.39, 0.29) is 23.5 Å². The molecule has 2 aromatic carbocycles. The van der Waals surface area contributed by atoms with Crippen LogP contribution in [0, 0.1) is 0 Å². The third-order valence-corrected chi connectivity index (χ3v) is 4.99. The summed E-state index contributed by atoms with van der Waals surface area (Å²) in [6, 6.07) is 12.3. The number of hydrogen-bond acceptors (Lipinski definition) is 6. The van der Waals surface area contributed by atoms with Gasteiger partial charge in [0.1, 0.15) is 5.75 Å². The van der Waals surface area contributed by atoms with E-state index in [1.165, 1.54) is 20.3 Å². The summed E-state index contributed by atoms with van der Waals surface area (Å²) in [6.45, 7) is 0. The Hall–Kier alpha value is -3.68. The molecule has 0 saturated heterocycles. The Morgan fingerprint density at radius 3 is 2.40 bits per heavy atom. The summed E-state index contributed by atoms with van der Waals surface area (Å²) in [4.78, 5) is 24.8. The molecule has 0 aliphatic heterocycles. The maximum Gasteiger partial charge on any atom is 0.306 e. The highest BCUT2D eigenvalue weighted by molar-refractivity contribution is 5.71. The Bertz CT molecular complexity index is 1070. The Morgan fingerprint density at radius 1 is 1.03 bits per heavy atom. The third kappa shape index (κ3) is 4.48. The number of phenolic OH excluding ortho intramolecular Hbond substituents is 1. The van der Waals surface area contributed by atoms with Gasteiger partial charge in [-0.3, -0.25) is 14.7 Å². The summed E-state index contributed by atoms with van der Waals surface area (Å²) in [5.74, 6) is -0.0786. The largest absolute Gasteiger partial charge is 0.504 e. The van der Waals surface area contributed by atoms with Crippen LogP contribution in [0.4, 0.5) is 0 Å². The Morgan fingerprint density at radius 2 is 1.77 bits per heavy atom. The number of phenols is 1. The molecule has 0 bridgehead atoms.